The number of rotatable bonds is 6. The van der Waals surface area contributed by atoms with Crippen LogP contribution in [-0.4, -0.2) is 37.8 Å². The first-order valence-corrected chi connectivity index (χ1v) is 8.59. The Bertz CT molecular complexity index is 675. The van der Waals surface area contributed by atoms with Crippen molar-refractivity contribution in [3.05, 3.63) is 58.7 Å². The van der Waals surface area contributed by atoms with Crippen LogP contribution in [0.1, 0.15) is 34.0 Å². The first-order chi connectivity index (χ1) is 10.9. The molecule has 24 heavy (non-hydrogen) atoms. The van der Waals surface area contributed by atoms with Crippen LogP contribution in [0.3, 0.4) is 0 Å². The maximum atomic E-state index is 12.6. The van der Waals surface area contributed by atoms with Gasteiger partial charge >= 0.3 is 18.9 Å². The van der Waals surface area contributed by atoms with E-state index in [2.05, 4.69) is 19.1 Å². The molecule has 2 unspecified atom stereocenters. The topological polar surface area (TPSA) is 35.5 Å². The Morgan fingerprint density at radius 1 is 1.04 bits per heavy atom. The van der Waals surface area contributed by atoms with E-state index in [4.69, 9.17) is 9.47 Å². The predicted molar refractivity (Wildman–Crippen MR) is 104 cm³/mol. The zero-order valence-corrected chi connectivity index (χ0v) is 15.3. The fourth-order valence-corrected chi connectivity index (χ4v) is 3.70. The molecule has 0 heterocycles. The molecule has 2 rings (SSSR count). The number of carbonyl (C=O) groups is 1. The zero-order valence-electron chi connectivity index (χ0n) is 14.3. The summed E-state index contributed by atoms with van der Waals surface area (Å²) in [5.74, 6) is 0.739. The number of benzene rings is 2. The quantitative estimate of drug-likeness (QED) is 0.460. The fraction of sp³-hybridized carbons (Fsp3) is 0.316. The standard InChI is InChI=1S/C19H23O3P.Li.H/c1-12-10-13(2)18(14(3)11-12)19(20)23-17-8-6-16(7-9-17)22-15(4)21-5;;/h6-11,15,23H,1-5H3;;. The molecule has 0 fully saturated rings. The third kappa shape index (κ3) is 5.47. The van der Waals surface area contributed by atoms with Crippen LogP contribution in [0.15, 0.2) is 36.4 Å². The summed E-state index contributed by atoms with van der Waals surface area (Å²) in [5, 5.41) is 1.01. The summed E-state index contributed by atoms with van der Waals surface area (Å²) in [5.41, 5.74) is 4.32. The summed E-state index contributed by atoms with van der Waals surface area (Å²) < 4.78 is 10.6. The van der Waals surface area contributed by atoms with Gasteiger partial charge in [-0.25, -0.2) is 0 Å². The van der Waals surface area contributed by atoms with E-state index in [0.29, 0.717) is 0 Å². The Balaban J connectivity index is 0.00000288. The predicted octanol–water partition coefficient (Wildman–Crippen LogP) is 3.48. The minimum atomic E-state index is -0.289. The van der Waals surface area contributed by atoms with E-state index in [1.54, 1.807) is 7.11 Å². The molecule has 3 nitrogen and oxygen atoms in total. The summed E-state index contributed by atoms with van der Waals surface area (Å²) in [6, 6.07) is 11.8. The van der Waals surface area contributed by atoms with Crippen molar-refractivity contribution in [1.82, 2.24) is 0 Å². The van der Waals surface area contributed by atoms with Gasteiger partial charge in [-0.15, -0.1) is 0 Å². The fourth-order valence-electron chi connectivity index (χ4n) is 2.59. The second-order valence-electron chi connectivity index (χ2n) is 5.67. The molecule has 0 saturated heterocycles. The first kappa shape index (κ1) is 20.9. The monoisotopic (exact) mass is 338 g/mol. The number of hydrogen-bond donors (Lipinski definition) is 0. The summed E-state index contributed by atoms with van der Waals surface area (Å²) in [6.07, 6.45) is -0.289. The van der Waals surface area contributed by atoms with Crippen molar-refractivity contribution in [3.63, 3.8) is 0 Å². The van der Waals surface area contributed by atoms with Gasteiger partial charge in [-0.05, 0) is 64.8 Å². The Morgan fingerprint density at radius 2 is 1.58 bits per heavy atom. The van der Waals surface area contributed by atoms with Gasteiger partial charge < -0.3 is 9.47 Å². The summed E-state index contributed by atoms with van der Waals surface area (Å²) >= 11 is 0. The molecule has 2 atom stereocenters. The van der Waals surface area contributed by atoms with Gasteiger partial charge in [-0.1, -0.05) is 29.8 Å². The Labute approximate surface area is 158 Å². The number of aryl methyl sites for hydroxylation is 3. The molecule has 0 N–H and O–H groups in total. The van der Waals surface area contributed by atoms with Crippen LogP contribution in [-0.2, 0) is 4.74 Å². The van der Waals surface area contributed by atoms with E-state index >= 15 is 0 Å². The van der Waals surface area contributed by atoms with Crippen molar-refractivity contribution >= 4 is 38.3 Å². The normalized spacial score (nSPS) is 12.0. The Hall–Kier alpha value is -1.10. The second kappa shape index (κ2) is 9.40. The van der Waals surface area contributed by atoms with Gasteiger partial charge in [0.15, 0.2) is 11.8 Å². The average Bonchev–Trinajstić information content (AvgIpc) is 2.48. The molecule has 2 aromatic rings. The number of ether oxygens (including phenoxy) is 2. The second-order valence-corrected chi connectivity index (χ2v) is 6.95. The van der Waals surface area contributed by atoms with Crippen LogP contribution in [0.2, 0.25) is 0 Å². The molecule has 124 valence electrons. The van der Waals surface area contributed by atoms with Crippen molar-refractivity contribution in [2.45, 2.75) is 34.0 Å². The summed E-state index contributed by atoms with van der Waals surface area (Å²) in [4.78, 5) is 12.6. The maximum absolute atomic E-state index is 12.6. The van der Waals surface area contributed by atoms with E-state index in [-0.39, 0.29) is 39.3 Å². The molecule has 0 spiro atoms. The van der Waals surface area contributed by atoms with E-state index in [9.17, 15) is 4.79 Å². The van der Waals surface area contributed by atoms with E-state index in [1.807, 2.05) is 45.0 Å². The molecule has 0 saturated carbocycles. The van der Waals surface area contributed by atoms with Crippen LogP contribution in [0.5, 0.6) is 5.75 Å². The van der Waals surface area contributed by atoms with Crippen molar-refractivity contribution in [1.29, 1.82) is 0 Å². The molecule has 0 amide bonds. The van der Waals surface area contributed by atoms with Crippen molar-refractivity contribution in [2.24, 2.45) is 0 Å². The molecule has 0 aliphatic carbocycles. The average molecular weight is 338 g/mol. The Morgan fingerprint density at radius 3 is 2.08 bits per heavy atom. The Kier molecular flexibility index (Phi) is 8.20. The number of hydrogen-bond acceptors (Lipinski definition) is 3. The van der Waals surface area contributed by atoms with E-state index in [1.165, 1.54) is 5.56 Å². The first-order valence-electron chi connectivity index (χ1n) is 7.59. The van der Waals surface area contributed by atoms with Crippen LogP contribution in [0.25, 0.3) is 0 Å². The minimum absolute atomic E-state index is 0. The van der Waals surface area contributed by atoms with Gasteiger partial charge in [-0.3, -0.25) is 4.79 Å². The third-order valence-electron chi connectivity index (χ3n) is 3.65. The van der Waals surface area contributed by atoms with Crippen molar-refractivity contribution in [3.8, 4) is 5.75 Å². The third-order valence-corrected chi connectivity index (χ3v) is 4.75. The van der Waals surface area contributed by atoms with Crippen LogP contribution >= 0.6 is 8.58 Å². The van der Waals surface area contributed by atoms with E-state index in [0.717, 1.165) is 27.7 Å². The van der Waals surface area contributed by atoms with Gasteiger partial charge in [0, 0.05) is 12.7 Å². The molecule has 0 aliphatic rings. The summed E-state index contributed by atoms with van der Waals surface area (Å²) in [7, 11) is 1.71. The zero-order chi connectivity index (χ0) is 17.0. The molecule has 5 heteroatoms. The SMILES string of the molecule is COC(C)Oc1ccc(PC(=O)c2c(C)cc(C)cc2C)cc1.[LiH]. The van der Waals surface area contributed by atoms with Crippen LogP contribution < -0.4 is 10.0 Å². The summed E-state index contributed by atoms with van der Waals surface area (Å²) in [6.45, 7) is 7.89. The van der Waals surface area contributed by atoms with Crippen LogP contribution in [0.4, 0.5) is 0 Å². The van der Waals surface area contributed by atoms with Gasteiger partial charge in [0.1, 0.15) is 5.75 Å². The molecular weight excluding hydrogens is 314 g/mol. The van der Waals surface area contributed by atoms with Gasteiger partial charge in [0.05, 0.1) is 0 Å². The van der Waals surface area contributed by atoms with Crippen molar-refractivity contribution in [2.75, 3.05) is 7.11 Å². The molecule has 0 bridgehead atoms. The molecule has 0 aromatic heterocycles. The van der Waals surface area contributed by atoms with Gasteiger partial charge in [-0.2, -0.15) is 0 Å². The van der Waals surface area contributed by atoms with E-state index < -0.39 is 0 Å². The number of methoxy groups -OCH3 is 1. The molecular formula is C19H24LiO3P. The van der Waals surface area contributed by atoms with Crippen LogP contribution in [0, 0.1) is 20.8 Å². The van der Waals surface area contributed by atoms with Gasteiger partial charge in [0.25, 0.3) is 0 Å². The molecule has 0 radical (unpaired) electrons. The number of carbonyl (C=O) groups excluding carboxylic acids is 1. The van der Waals surface area contributed by atoms with Crippen molar-refractivity contribution < 1.29 is 14.3 Å². The van der Waals surface area contributed by atoms with Gasteiger partial charge in [0.2, 0.25) is 0 Å². The molecule has 0 aliphatic heterocycles. The molecule has 2 aromatic carbocycles.